The molecule has 11 atom stereocenters. The summed E-state index contributed by atoms with van der Waals surface area (Å²) in [6.45, 7) is 11.3. The molecule has 4 fully saturated rings. The lowest BCUT2D eigenvalue weighted by molar-refractivity contribution is -0.224. The van der Waals surface area contributed by atoms with Crippen molar-refractivity contribution >= 4 is 23.9 Å². The summed E-state index contributed by atoms with van der Waals surface area (Å²) < 4.78 is 22.8. The largest absolute Gasteiger partial charge is 0.469 e. The molecule has 220 valence electrons. The lowest BCUT2D eigenvalue weighted by Gasteiger charge is -2.64. The highest BCUT2D eigenvalue weighted by Crippen LogP contribution is 2.69. The summed E-state index contributed by atoms with van der Waals surface area (Å²) in [4.78, 5) is 48.5. The van der Waals surface area contributed by atoms with Crippen molar-refractivity contribution in [2.45, 2.75) is 118 Å². The van der Waals surface area contributed by atoms with Gasteiger partial charge in [0.1, 0.15) is 18.3 Å². The fraction of sp³-hybridized carbons (Fsp3) is 0.871. The third-order valence-corrected chi connectivity index (χ3v) is 11.4. The minimum atomic E-state index is -0.279. The number of rotatable bonds is 7. The molecule has 0 saturated heterocycles. The molecule has 0 aromatic rings. The van der Waals surface area contributed by atoms with E-state index in [0.29, 0.717) is 6.42 Å². The first-order chi connectivity index (χ1) is 18.3. The molecule has 0 bridgehead atoms. The first-order valence-electron chi connectivity index (χ1n) is 14.9. The fourth-order valence-electron chi connectivity index (χ4n) is 9.77. The average Bonchev–Trinajstić information content (AvgIpc) is 3.20. The van der Waals surface area contributed by atoms with Gasteiger partial charge in [0, 0.05) is 38.5 Å². The van der Waals surface area contributed by atoms with Crippen molar-refractivity contribution in [3.63, 3.8) is 0 Å². The van der Waals surface area contributed by atoms with E-state index in [4.69, 9.17) is 18.9 Å². The van der Waals surface area contributed by atoms with Gasteiger partial charge in [-0.05, 0) is 86.4 Å². The molecule has 7 unspecified atom stereocenters. The first-order valence-corrected chi connectivity index (χ1v) is 14.9. The number of fused-ring (bicyclic) bond motifs is 5. The maximum Gasteiger partial charge on any atom is 0.305 e. The van der Waals surface area contributed by atoms with E-state index >= 15 is 0 Å². The van der Waals surface area contributed by atoms with Gasteiger partial charge in [0.2, 0.25) is 0 Å². The summed E-state index contributed by atoms with van der Waals surface area (Å²) in [5, 5.41) is 0. The minimum absolute atomic E-state index is 0.0215. The van der Waals surface area contributed by atoms with Crippen LogP contribution in [0.4, 0.5) is 0 Å². The second kappa shape index (κ2) is 11.4. The van der Waals surface area contributed by atoms with Crippen molar-refractivity contribution in [1.82, 2.24) is 0 Å². The van der Waals surface area contributed by atoms with Gasteiger partial charge in [-0.25, -0.2) is 0 Å². The van der Waals surface area contributed by atoms with Crippen molar-refractivity contribution in [2.75, 3.05) is 7.11 Å². The molecule has 0 amide bonds. The molecular formula is C31H48O8. The second-order valence-corrected chi connectivity index (χ2v) is 13.4. The smallest absolute Gasteiger partial charge is 0.305 e. The Morgan fingerprint density at radius 2 is 1.51 bits per heavy atom. The van der Waals surface area contributed by atoms with Gasteiger partial charge in [0.05, 0.1) is 7.11 Å². The number of carbonyl (C=O) groups is 4. The lowest BCUT2D eigenvalue weighted by Crippen LogP contribution is -2.63. The highest BCUT2D eigenvalue weighted by Gasteiger charge is 2.67. The first kappa shape index (κ1) is 29.9. The van der Waals surface area contributed by atoms with Gasteiger partial charge in [-0.3, -0.25) is 19.2 Å². The van der Waals surface area contributed by atoms with E-state index in [1.807, 2.05) is 0 Å². The standard InChI is InChI=1S/C31H48O8/c1-17(8-11-28(35)36-7)23-9-10-24-29-25(16-27(31(23,24)6)39-20(4)34)30(5)13-12-22(37-18(2)32)14-21(30)15-26(29)38-19(3)33/h17,21-27,29H,8-16H2,1-7H3/t17?,21-,22+,23?,24?,25?,26+,27+,29?,30?,31?/m0/s1. The molecule has 39 heavy (non-hydrogen) atoms. The predicted molar refractivity (Wildman–Crippen MR) is 143 cm³/mol. The van der Waals surface area contributed by atoms with Crippen molar-refractivity contribution < 1.29 is 38.1 Å². The summed E-state index contributed by atoms with van der Waals surface area (Å²) in [5.74, 6) is 0.438. The summed E-state index contributed by atoms with van der Waals surface area (Å²) in [5.41, 5.74) is -0.300. The highest BCUT2D eigenvalue weighted by molar-refractivity contribution is 5.69. The average molecular weight is 549 g/mol. The van der Waals surface area contributed by atoms with Crippen LogP contribution in [0.1, 0.15) is 99.3 Å². The van der Waals surface area contributed by atoms with Crippen LogP contribution in [0.5, 0.6) is 0 Å². The maximum atomic E-state index is 12.5. The zero-order valence-electron chi connectivity index (χ0n) is 24.8. The van der Waals surface area contributed by atoms with Gasteiger partial charge in [-0.15, -0.1) is 0 Å². The molecule has 4 rings (SSSR count). The SMILES string of the molecule is COC(=O)CCC(C)C1CCC2C3C(C[C@@H](OC(C)=O)C12C)C1(C)CC[C@@H](OC(C)=O)C[C@H]1C[C@H]3OC(C)=O. The Labute approximate surface area is 233 Å². The molecule has 4 saturated carbocycles. The molecule has 8 heteroatoms. The van der Waals surface area contributed by atoms with Gasteiger partial charge in [0.25, 0.3) is 0 Å². The van der Waals surface area contributed by atoms with Gasteiger partial charge in [0.15, 0.2) is 0 Å². The summed E-state index contributed by atoms with van der Waals surface area (Å²) >= 11 is 0. The zero-order chi connectivity index (χ0) is 28.7. The third kappa shape index (κ3) is 5.58. The van der Waals surface area contributed by atoms with Gasteiger partial charge < -0.3 is 18.9 Å². The molecule has 4 aliphatic rings. The van der Waals surface area contributed by atoms with E-state index in [2.05, 4.69) is 20.8 Å². The molecule has 0 aliphatic heterocycles. The lowest BCUT2D eigenvalue weighted by atomic mass is 9.43. The highest BCUT2D eigenvalue weighted by atomic mass is 16.6. The van der Waals surface area contributed by atoms with Crippen LogP contribution >= 0.6 is 0 Å². The van der Waals surface area contributed by atoms with Crippen LogP contribution in [0.2, 0.25) is 0 Å². The van der Waals surface area contributed by atoms with Crippen LogP contribution in [0, 0.1) is 46.3 Å². The molecule has 0 aromatic carbocycles. The van der Waals surface area contributed by atoms with Crippen LogP contribution in [0.3, 0.4) is 0 Å². The number of hydrogen-bond donors (Lipinski definition) is 0. The van der Waals surface area contributed by atoms with E-state index in [-0.39, 0.29) is 88.5 Å². The normalized spacial score (nSPS) is 41.7. The van der Waals surface area contributed by atoms with Gasteiger partial charge >= 0.3 is 23.9 Å². The predicted octanol–water partition coefficient (Wildman–Crippen LogP) is 5.25. The van der Waals surface area contributed by atoms with Crippen molar-refractivity contribution in [1.29, 1.82) is 0 Å². The quantitative estimate of drug-likeness (QED) is 0.314. The zero-order valence-corrected chi connectivity index (χ0v) is 24.8. The second-order valence-electron chi connectivity index (χ2n) is 13.4. The molecule has 8 nitrogen and oxygen atoms in total. The Kier molecular flexibility index (Phi) is 8.73. The van der Waals surface area contributed by atoms with E-state index in [9.17, 15) is 19.2 Å². The summed E-state index contributed by atoms with van der Waals surface area (Å²) in [7, 11) is 1.42. The third-order valence-electron chi connectivity index (χ3n) is 11.4. The molecule has 0 radical (unpaired) electrons. The maximum absolute atomic E-state index is 12.5. The topological polar surface area (TPSA) is 105 Å². The Morgan fingerprint density at radius 3 is 2.13 bits per heavy atom. The summed E-state index contributed by atoms with van der Waals surface area (Å²) in [6, 6.07) is 0. The van der Waals surface area contributed by atoms with Crippen LogP contribution < -0.4 is 0 Å². The van der Waals surface area contributed by atoms with Crippen LogP contribution in [0.15, 0.2) is 0 Å². The van der Waals surface area contributed by atoms with E-state index < -0.39 is 0 Å². The summed E-state index contributed by atoms with van der Waals surface area (Å²) in [6.07, 6.45) is 6.53. The Bertz CT molecular complexity index is 962. The van der Waals surface area contributed by atoms with E-state index in [0.717, 1.165) is 51.4 Å². The van der Waals surface area contributed by atoms with Crippen LogP contribution in [0.25, 0.3) is 0 Å². The van der Waals surface area contributed by atoms with Gasteiger partial charge in [-0.2, -0.15) is 0 Å². The Hall–Kier alpha value is -2.12. The van der Waals surface area contributed by atoms with E-state index in [1.165, 1.54) is 27.9 Å². The number of ether oxygens (including phenoxy) is 4. The molecule has 0 N–H and O–H groups in total. The molecule has 0 spiro atoms. The monoisotopic (exact) mass is 548 g/mol. The van der Waals surface area contributed by atoms with Gasteiger partial charge in [-0.1, -0.05) is 20.8 Å². The van der Waals surface area contributed by atoms with Crippen LogP contribution in [-0.2, 0) is 38.1 Å². The minimum Gasteiger partial charge on any atom is -0.469 e. The van der Waals surface area contributed by atoms with Crippen LogP contribution in [-0.4, -0.2) is 49.3 Å². The van der Waals surface area contributed by atoms with E-state index in [1.54, 1.807) is 0 Å². The molecule has 0 heterocycles. The Morgan fingerprint density at radius 1 is 0.846 bits per heavy atom. The van der Waals surface area contributed by atoms with Crippen molar-refractivity contribution in [3.05, 3.63) is 0 Å². The van der Waals surface area contributed by atoms with Crippen molar-refractivity contribution in [3.8, 4) is 0 Å². The molecule has 4 aliphatic carbocycles. The number of methoxy groups -OCH3 is 1. The Balaban J connectivity index is 1.70. The number of carbonyl (C=O) groups excluding carboxylic acids is 4. The number of esters is 4. The van der Waals surface area contributed by atoms with Crippen molar-refractivity contribution in [2.24, 2.45) is 46.3 Å². The molecular weight excluding hydrogens is 500 g/mol. The fourth-order valence-corrected chi connectivity index (χ4v) is 9.77. The number of hydrogen-bond acceptors (Lipinski definition) is 8. The molecule has 0 aromatic heterocycles.